The average molecular weight is 265 g/mol. The summed E-state index contributed by atoms with van der Waals surface area (Å²) in [6.45, 7) is 6.36. The normalized spacial score (nSPS) is 12.8. The second-order valence-corrected chi connectivity index (χ2v) is 5.37. The van der Waals surface area contributed by atoms with Gasteiger partial charge in [0.1, 0.15) is 0 Å². The molecule has 0 spiro atoms. The van der Waals surface area contributed by atoms with Gasteiger partial charge in [-0.1, -0.05) is 42.0 Å². The number of benzene rings is 2. The average Bonchev–Trinajstić information content (AvgIpc) is 2.76. The molecule has 102 valence electrons. The molecule has 20 heavy (non-hydrogen) atoms. The number of aryl methyl sites for hydroxylation is 2. The lowest BCUT2D eigenvalue weighted by Crippen LogP contribution is -2.10. The number of nitrogens with zero attached hydrogens (tertiary/aromatic N) is 2. The molecular formula is C17H19N3. The zero-order valence-electron chi connectivity index (χ0n) is 12.1. The lowest BCUT2D eigenvalue weighted by Gasteiger charge is -2.17. The van der Waals surface area contributed by atoms with Gasteiger partial charge in [-0.3, -0.25) is 0 Å². The first kappa shape index (κ1) is 12.7. The fraction of sp³-hybridized carbons (Fsp3) is 0.235. The summed E-state index contributed by atoms with van der Waals surface area (Å²) in [6, 6.07) is 14.9. The van der Waals surface area contributed by atoms with E-state index in [0.717, 1.165) is 11.0 Å². The highest BCUT2D eigenvalue weighted by Gasteiger charge is 2.16. The summed E-state index contributed by atoms with van der Waals surface area (Å²) in [5.74, 6) is 0.572. The van der Waals surface area contributed by atoms with E-state index >= 15 is 0 Å². The molecular weight excluding hydrogens is 246 g/mol. The minimum atomic E-state index is 0.168. The summed E-state index contributed by atoms with van der Waals surface area (Å²) in [5.41, 5.74) is 11.9. The van der Waals surface area contributed by atoms with Gasteiger partial charge in [0.25, 0.3) is 0 Å². The lowest BCUT2D eigenvalue weighted by atomic mass is 10.1. The standard InChI is InChI=1S/C17H19N3/c1-11-7-9-14(10-8-11)13(3)20-16-12(2)5-4-6-15(16)19-17(20)18/h4-10,13H,1-3H3,(H2,18,19). The van der Waals surface area contributed by atoms with Crippen molar-refractivity contribution in [2.24, 2.45) is 0 Å². The molecule has 0 saturated heterocycles. The minimum absolute atomic E-state index is 0.168. The zero-order valence-corrected chi connectivity index (χ0v) is 12.1. The Bertz CT molecular complexity index is 754. The molecule has 0 bridgehead atoms. The Morgan fingerprint density at radius 1 is 1.05 bits per heavy atom. The predicted octanol–water partition coefficient (Wildman–Crippen LogP) is 3.84. The van der Waals surface area contributed by atoms with E-state index in [1.54, 1.807) is 0 Å². The quantitative estimate of drug-likeness (QED) is 0.765. The van der Waals surface area contributed by atoms with Crippen LogP contribution in [0.2, 0.25) is 0 Å². The van der Waals surface area contributed by atoms with Gasteiger partial charge in [0, 0.05) is 0 Å². The van der Waals surface area contributed by atoms with Crippen LogP contribution in [0.15, 0.2) is 42.5 Å². The Balaban J connectivity index is 2.18. The number of anilines is 1. The van der Waals surface area contributed by atoms with Crippen molar-refractivity contribution in [2.75, 3.05) is 5.73 Å². The predicted molar refractivity (Wildman–Crippen MR) is 83.9 cm³/mol. The van der Waals surface area contributed by atoms with Gasteiger partial charge >= 0.3 is 0 Å². The number of imidazole rings is 1. The Labute approximate surface area is 119 Å². The number of rotatable bonds is 2. The molecule has 0 aliphatic carbocycles. The van der Waals surface area contributed by atoms with Crippen LogP contribution in [0.1, 0.15) is 29.7 Å². The van der Waals surface area contributed by atoms with Gasteiger partial charge in [-0.25, -0.2) is 4.98 Å². The number of hydrogen-bond donors (Lipinski definition) is 1. The zero-order chi connectivity index (χ0) is 14.3. The Morgan fingerprint density at radius 3 is 2.45 bits per heavy atom. The van der Waals surface area contributed by atoms with E-state index in [4.69, 9.17) is 5.73 Å². The molecule has 1 aromatic heterocycles. The molecule has 1 atom stereocenters. The third kappa shape index (κ3) is 1.95. The minimum Gasteiger partial charge on any atom is -0.369 e. The van der Waals surface area contributed by atoms with Crippen LogP contribution < -0.4 is 5.73 Å². The Morgan fingerprint density at radius 2 is 1.75 bits per heavy atom. The SMILES string of the molecule is Cc1ccc(C(C)n2c(N)nc3cccc(C)c32)cc1. The first-order chi connectivity index (χ1) is 9.58. The van der Waals surface area contributed by atoms with Crippen molar-refractivity contribution < 1.29 is 0 Å². The maximum atomic E-state index is 6.14. The van der Waals surface area contributed by atoms with Crippen LogP contribution in [0.25, 0.3) is 11.0 Å². The highest BCUT2D eigenvalue weighted by atomic mass is 15.2. The maximum absolute atomic E-state index is 6.14. The molecule has 0 saturated carbocycles. The van der Waals surface area contributed by atoms with Gasteiger partial charge in [0.05, 0.1) is 17.1 Å². The summed E-state index contributed by atoms with van der Waals surface area (Å²) in [7, 11) is 0. The number of hydrogen-bond acceptors (Lipinski definition) is 2. The maximum Gasteiger partial charge on any atom is 0.201 e. The smallest absolute Gasteiger partial charge is 0.201 e. The highest BCUT2D eigenvalue weighted by Crippen LogP contribution is 2.29. The van der Waals surface area contributed by atoms with Gasteiger partial charge in [0.15, 0.2) is 0 Å². The van der Waals surface area contributed by atoms with Crippen LogP contribution in [-0.2, 0) is 0 Å². The molecule has 0 aliphatic heterocycles. The molecule has 1 heterocycles. The van der Waals surface area contributed by atoms with Crippen LogP contribution >= 0.6 is 0 Å². The molecule has 2 N–H and O–H groups in total. The van der Waals surface area contributed by atoms with Crippen LogP contribution in [0.4, 0.5) is 5.95 Å². The van der Waals surface area contributed by atoms with E-state index in [9.17, 15) is 0 Å². The highest BCUT2D eigenvalue weighted by molar-refractivity contribution is 5.82. The summed E-state index contributed by atoms with van der Waals surface area (Å²) in [4.78, 5) is 4.48. The number of nitrogens with two attached hydrogens (primary N) is 1. The second-order valence-electron chi connectivity index (χ2n) is 5.37. The topological polar surface area (TPSA) is 43.8 Å². The molecule has 3 aromatic rings. The molecule has 0 fully saturated rings. The summed E-state index contributed by atoms with van der Waals surface area (Å²) >= 11 is 0. The number of nitrogen functional groups attached to an aromatic ring is 1. The molecule has 3 rings (SSSR count). The van der Waals surface area contributed by atoms with Crippen molar-refractivity contribution >= 4 is 17.0 Å². The second kappa shape index (κ2) is 4.67. The molecule has 1 unspecified atom stereocenters. The monoisotopic (exact) mass is 265 g/mol. The first-order valence-corrected chi connectivity index (χ1v) is 6.87. The number of para-hydroxylation sites is 1. The summed E-state index contributed by atoms with van der Waals surface area (Å²) < 4.78 is 2.12. The van der Waals surface area contributed by atoms with Gasteiger partial charge in [-0.15, -0.1) is 0 Å². The lowest BCUT2D eigenvalue weighted by molar-refractivity contribution is 0.666. The Kier molecular flexibility index (Phi) is 2.97. The molecule has 3 nitrogen and oxygen atoms in total. The van der Waals surface area contributed by atoms with Crippen molar-refractivity contribution in [3.05, 3.63) is 59.2 Å². The molecule has 0 radical (unpaired) electrons. The van der Waals surface area contributed by atoms with Crippen LogP contribution in [-0.4, -0.2) is 9.55 Å². The third-order valence-electron chi connectivity index (χ3n) is 3.89. The van der Waals surface area contributed by atoms with Crippen molar-refractivity contribution in [1.82, 2.24) is 9.55 Å². The molecule has 0 amide bonds. The van der Waals surface area contributed by atoms with E-state index in [-0.39, 0.29) is 6.04 Å². The fourth-order valence-electron chi connectivity index (χ4n) is 2.73. The van der Waals surface area contributed by atoms with Crippen LogP contribution in [0.3, 0.4) is 0 Å². The molecule has 2 aromatic carbocycles. The fourth-order valence-corrected chi connectivity index (χ4v) is 2.73. The largest absolute Gasteiger partial charge is 0.369 e. The number of aromatic nitrogens is 2. The van der Waals surface area contributed by atoms with E-state index in [0.29, 0.717) is 5.95 Å². The summed E-state index contributed by atoms with van der Waals surface area (Å²) in [6.07, 6.45) is 0. The van der Waals surface area contributed by atoms with E-state index < -0.39 is 0 Å². The third-order valence-corrected chi connectivity index (χ3v) is 3.89. The van der Waals surface area contributed by atoms with Gasteiger partial charge in [-0.2, -0.15) is 0 Å². The Hall–Kier alpha value is -2.29. The number of fused-ring (bicyclic) bond motifs is 1. The van der Waals surface area contributed by atoms with Gasteiger partial charge in [0.2, 0.25) is 5.95 Å². The molecule has 0 aliphatic rings. The van der Waals surface area contributed by atoms with Crippen LogP contribution in [0.5, 0.6) is 0 Å². The first-order valence-electron chi connectivity index (χ1n) is 6.87. The van der Waals surface area contributed by atoms with Crippen molar-refractivity contribution in [3.8, 4) is 0 Å². The van der Waals surface area contributed by atoms with Crippen molar-refractivity contribution in [1.29, 1.82) is 0 Å². The van der Waals surface area contributed by atoms with Gasteiger partial charge in [-0.05, 0) is 38.0 Å². The van der Waals surface area contributed by atoms with Gasteiger partial charge < -0.3 is 10.3 Å². The summed E-state index contributed by atoms with van der Waals surface area (Å²) in [5, 5.41) is 0. The van der Waals surface area contributed by atoms with Crippen molar-refractivity contribution in [3.63, 3.8) is 0 Å². The van der Waals surface area contributed by atoms with E-state index in [1.807, 2.05) is 12.1 Å². The van der Waals surface area contributed by atoms with E-state index in [2.05, 4.69) is 60.7 Å². The van der Waals surface area contributed by atoms with E-state index in [1.165, 1.54) is 16.7 Å². The molecule has 3 heteroatoms. The van der Waals surface area contributed by atoms with Crippen molar-refractivity contribution in [2.45, 2.75) is 26.8 Å². The van der Waals surface area contributed by atoms with Crippen LogP contribution in [0, 0.1) is 13.8 Å².